The van der Waals surface area contributed by atoms with Gasteiger partial charge in [-0.05, 0) is 78.9 Å². The van der Waals surface area contributed by atoms with E-state index in [1.54, 1.807) is 37.5 Å². The highest BCUT2D eigenvalue weighted by atomic mass is 16.5. The van der Waals surface area contributed by atoms with E-state index in [0.29, 0.717) is 18.6 Å². The van der Waals surface area contributed by atoms with E-state index in [4.69, 9.17) is 9.47 Å². The van der Waals surface area contributed by atoms with Gasteiger partial charge < -0.3 is 14.8 Å². The molecule has 0 atom stereocenters. The summed E-state index contributed by atoms with van der Waals surface area (Å²) in [5.41, 5.74) is 6.79. The number of carbonyl (C=O) groups excluding carboxylic acids is 2. The van der Waals surface area contributed by atoms with Gasteiger partial charge in [0.15, 0.2) is 0 Å². The average molecular weight is 484 g/mol. The fourth-order valence-corrected chi connectivity index (χ4v) is 3.86. The summed E-state index contributed by atoms with van der Waals surface area (Å²) in [5.74, 6) is 0.640. The Kier molecular flexibility index (Phi) is 8.13. The third-order valence-electron chi connectivity index (χ3n) is 5.74. The third kappa shape index (κ3) is 6.18. The molecule has 1 aliphatic rings. The number of hydrogen-bond acceptors (Lipinski definition) is 5. The molecule has 184 valence electrons. The molecule has 2 N–H and O–H groups in total. The third-order valence-corrected chi connectivity index (χ3v) is 5.74. The number of amides is 2. The quantitative estimate of drug-likeness (QED) is 0.340. The van der Waals surface area contributed by atoms with E-state index in [-0.39, 0.29) is 11.6 Å². The van der Waals surface area contributed by atoms with E-state index >= 15 is 0 Å². The second-order valence-corrected chi connectivity index (χ2v) is 8.32. The van der Waals surface area contributed by atoms with Gasteiger partial charge in [0, 0.05) is 11.1 Å². The zero-order valence-electron chi connectivity index (χ0n) is 20.4. The molecule has 0 aromatic heterocycles. The molecule has 0 aliphatic heterocycles. The van der Waals surface area contributed by atoms with E-state index in [0.717, 1.165) is 46.7 Å². The Labute approximate surface area is 210 Å². The number of fused-ring (bicyclic) bond motifs is 1. The van der Waals surface area contributed by atoms with Crippen LogP contribution in [0.2, 0.25) is 0 Å². The van der Waals surface area contributed by atoms with Crippen LogP contribution in [0.25, 0.3) is 6.08 Å². The van der Waals surface area contributed by atoms with Crippen LogP contribution in [-0.2, 0) is 11.2 Å². The molecule has 2 amide bonds. The van der Waals surface area contributed by atoms with Crippen molar-refractivity contribution >= 4 is 23.6 Å². The zero-order chi connectivity index (χ0) is 25.3. The van der Waals surface area contributed by atoms with Gasteiger partial charge in [-0.3, -0.25) is 9.59 Å². The molecule has 0 saturated heterocycles. The van der Waals surface area contributed by atoms with Crippen LogP contribution in [0, 0.1) is 0 Å². The van der Waals surface area contributed by atoms with E-state index in [1.165, 1.54) is 0 Å². The monoisotopic (exact) mass is 483 g/mol. The van der Waals surface area contributed by atoms with Crippen LogP contribution in [0.3, 0.4) is 0 Å². The highest BCUT2D eigenvalue weighted by molar-refractivity contribution is 6.08. The molecule has 0 fully saturated rings. The van der Waals surface area contributed by atoms with E-state index in [9.17, 15) is 9.59 Å². The van der Waals surface area contributed by atoms with E-state index in [2.05, 4.69) is 15.8 Å². The van der Waals surface area contributed by atoms with Crippen LogP contribution in [0.4, 0.5) is 0 Å². The van der Waals surface area contributed by atoms with Crippen molar-refractivity contribution < 1.29 is 19.1 Å². The lowest BCUT2D eigenvalue weighted by Gasteiger charge is -2.10. The lowest BCUT2D eigenvalue weighted by molar-refractivity contribution is -0.117. The molecule has 0 heterocycles. The summed E-state index contributed by atoms with van der Waals surface area (Å²) in [7, 11) is 1.63. The standard InChI is InChI=1S/C29H29N3O4/c1-3-17-36-23-12-9-20(10-13-23)18-27(30-28(33)21-7-5-4-6-8-21)29(34)32-31-26-16-11-22-19-24(35-2)14-15-25(22)26/h4-10,12-15,18-19H,3,11,16-17H2,1-2H3,(H,30,33)(H,32,34). The zero-order valence-corrected chi connectivity index (χ0v) is 20.4. The Bertz CT molecular complexity index is 1280. The predicted molar refractivity (Wildman–Crippen MR) is 140 cm³/mol. The fourth-order valence-electron chi connectivity index (χ4n) is 3.86. The molecular weight excluding hydrogens is 454 g/mol. The number of methoxy groups -OCH3 is 1. The minimum Gasteiger partial charge on any atom is -0.497 e. The molecule has 4 rings (SSSR count). The number of hydrazone groups is 1. The van der Waals surface area contributed by atoms with Crippen LogP contribution in [-0.4, -0.2) is 31.2 Å². The van der Waals surface area contributed by atoms with Gasteiger partial charge in [-0.2, -0.15) is 5.10 Å². The van der Waals surface area contributed by atoms with Crippen LogP contribution in [0.5, 0.6) is 11.5 Å². The highest BCUT2D eigenvalue weighted by Gasteiger charge is 2.20. The molecule has 3 aromatic rings. The highest BCUT2D eigenvalue weighted by Crippen LogP contribution is 2.26. The Morgan fingerprint density at radius 3 is 2.44 bits per heavy atom. The van der Waals surface area contributed by atoms with Gasteiger partial charge in [0.05, 0.1) is 19.4 Å². The molecule has 0 spiro atoms. The maximum Gasteiger partial charge on any atom is 0.287 e. The van der Waals surface area contributed by atoms with Gasteiger partial charge in [0.2, 0.25) is 0 Å². The maximum absolute atomic E-state index is 13.1. The van der Waals surface area contributed by atoms with Crippen molar-refractivity contribution in [3.8, 4) is 11.5 Å². The Hall–Kier alpha value is -4.39. The number of aryl methyl sites for hydroxylation is 1. The van der Waals surface area contributed by atoms with Crippen molar-refractivity contribution in [1.29, 1.82) is 0 Å². The van der Waals surface area contributed by atoms with Gasteiger partial charge in [0.1, 0.15) is 17.2 Å². The second-order valence-electron chi connectivity index (χ2n) is 8.32. The number of benzene rings is 3. The summed E-state index contributed by atoms with van der Waals surface area (Å²) >= 11 is 0. The topological polar surface area (TPSA) is 89.0 Å². The number of rotatable bonds is 9. The summed E-state index contributed by atoms with van der Waals surface area (Å²) < 4.78 is 10.9. The van der Waals surface area contributed by atoms with Gasteiger partial charge in [-0.1, -0.05) is 37.3 Å². The normalized spacial score (nSPS) is 13.7. The van der Waals surface area contributed by atoms with Crippen LogP contribution in [0.1, 0.15) is 46.8 Å². The van der Waals surface area contributed by atoms with Crippen molar-refractivity contribution in [2.75, 3.05) is 13.7 Å². The maximum atomic E-state index is 13.1. The minimum absolute atomic E-state index is 0.0865. The smallest absolute Gasteiger partial charge is 0.287 e. The number of hydrogen-bond donors (Lipinski definition) is 2. The second kappa shape index (κ2) is 11.8. The molecule has 1 aliphatic carbocycles. The summed E-state index contributed by atoms with van der Waals surface area (Å²) in [5, 5.41) is 7.11. The van der Waals surface area contributed by atoms with E-state index < -0.39 is 5.91 Å². The van der Waals surface area contributed by atoms with Crippen molar-refractivity contribution in [1.82, 2.24) is 10.7 Å². The molecule has 0 saturated carbocycles. The first-order valence-corrected chi connectivity index (χ1v) is 11.9. The molecular formula is C29H29N3O4. The van der Waals surface area contributed by atoms with Gasteiger partial charge >= 0.3 is 0 Å². The van der Waals surface area contributed by atoms with Crippen molar-refractivity contribution in [2.24, 2.45) is 5.10 Å². The van der Waals surface area contributed by atoms with E-state index in [1.807, 2.05) is 55.5 Å². The Morgan fingerprint density at radius 1 is 0.972 bits per heavy atom. The molecule has 0 radical (unpaired) electrons. The predicted octanol–water partition coefficient (Wildman–Crippen LogP) is 4.72. The van der Waals surface area contributed by atoms with Gasteiger partial charge in [0.25, 0.3) is 11.8 Å². The summed E-state index contributed by atoms with van der Waals surface area (Å²) in [6, 6.07) is 21.9. The van der Waals surface area contributed by atoms with Crippen LogP contribution >= 0.6 is 0 Å². The molecule has 0 bridgehead atoms. The van der Waals surface area contributed by atoms with Gasteiger partial charge in [-0.15, -0.1) is 0 Å². The van der Waals surface area contributed by atoms with Crippen LogP contribution < -0.4 is 20.2 Å². The largest absolute Gasteiger partial charge is 0.497 e. The molecule has 36 heavy (non-hydrogen) atoms. The fraction of sp³-hybridized carbons (Fsp3) is 0.207. The molecule has 7 heteroatoms. The lowest BCUT2D eigenvalue weighted by Crippen LogP contribution is -2.33. The minimum atomic E-state index is -0.514. The summed E-state index contributed by atoms with van der Waals surface area (Å²) in [4.78, 5) is 26.0. The van der Waals surface area contributed by atoms with Crippen molar-refractivity contribution in [2.45, 2.75) is 26.2 Å². The number of ether oxygens (including phenoxy) is 2. The molecule has 0 unspecified atom stereocenters. The van der Waals surface area contributed by atoms with Gasteiger partial charge in [-0.25, -0.2) is 5.43 Å². The number of carbonyl (C=O) groups is 2. The molecule has 7 nitrogen and oxygen atoms in total. The van der Waals surface area contributed by atoms with Crippen LogP contribution in [0.15, 0.2) is 83.6 Å². The lowest BCUT2D eigenvalue weighted by atomic mass is 10.1. The molecule has 3 aromatic carbocycles. The number of nitrogens with one attached hydrogen (secondary N) is 2. The number of nitrogens with zero attached hydrogens (tertiary/aromatic N) is 1. The Morgan fingerprint density at radius 2 is 1.72 bits per heavy atom. The summed E-state index contributed by atoms with van der Waals surface area (Å²) in [6.45, 7) is 2.67. The summed E-state index contributed by atoms with van der Waals surface area (Å²) in [6.07, 6.45) is 4.06. The first-order chi connectivity index (χ1) is 17.6. The first kappa shape index (κ1) is 24.7. The SMILES string of the molecule is CCCOc1ccc(C=C(NC(=O)c2ccccc2)C(=O)NN=C2CCc3cc(OC)ccc32)cc1. The Balaban J connectivity index is 1.55. The average Bonchev–Trinajstić information content (AvgIpc) is 3.33. The first-order valence-electron chi connectivity index (χ1n) is 11.9. The van der Waals surface area contributed by atoms with Crippen molar-refractivity contribution in [3.05, 3.63) is 101 Å². The van der Waals surface area contributed by atoms with Crippen molar-refractivity contribution in [3.63, 3.8) is 0 Å².